The minimum Gasteiger partial charge on any atom is -0.369 e. The number of hydrogen-bond donors (Lipinski definition) is 4. The highest BCUT2D eigenvalue weighted by Gasteiger charge is 2.18. The number of nitrogens with zero attached hydrogens (tertiary/aromatic N) is 3. The van der Waals surface area contributed by atoms with Crippen LogP contribution in [0.1, 0.15) is 28.9 Å². The molecule has 1 aliphatic rings. The normalized spacial score (nSPS) is 12.9. The molecule has 9 nitrogen and oxygen atoms in total. The van der Waals surface area contributed by atoms with Gasteiger partial charge in [0.15, 0.2) is 0 Å². The second-order valence-electron chi connectivity index (χ2n) is 7.99. The van der Waals surface area contributed by atoms with E-state index in [1.807, 2.05) is 29.2 Å². The number of halogens is 3. The van der Waals surface area contributed by atoms with E-state index in [9.17, 15) is 9.59 Å². The van der Waals surface area contributed by atoms with Crippen molar-refractivity contribution in [1.82, 2.24) is 20.2 Å². The Labute approximate surface area is 238 Å². The Morgan fingerprint density at radius 2 is 1.81 bits per heavy atom. The number of anilines is 4. The fourth-order valence-electron chi connectivity index (χ4n) is 3.52. The average molecular weight is 702 g/mol. The van der Waals surface area contributed by atoms with Crippen LogP contribution < -0.4 is 21.3 Å². The number of carbonyl (C=O) groups excluding carboxylic acids is 2. The second kappa shape index (κ2) is 12.8. The zero-order valence-electron chi connectivity index (χ0n) is 19.1. The van der Waals surface area contributed by atoms with E-state index in [4.69, 9.17) is 0 Å². The van der Waals surface area contributed by atoms with E-state index in [0.717, 1.165) is 50.8 Å². The number of amides is 3. The largest absolute Gasteiger partial charge is 0.369 e. The smallest absolute Gasteiger partial charge is 0.321 e. The first-order chi connectivity index (χ1) is 17.4. The quantitative estimate of drug-likeness (QED) is 0.192. The summed E-state index contributed by atoms with van der Waals surface area (Å²) in [6.45, 7) is 2.74. The average Bonchev–Trinajstić information content (AvgIpc) is 3.51. The van der Waals surface area contributed by atoms with Gasteiger partial charge in [-0.2, -0.15) is 4.98 Å². The molecule has 0 aliphatic carbocycles. The third kappa shape index (κ3) is 7.40. The lowest BCUT2D eigenvalue weighted by molar-refractivity contribution is 0.0957. The number of urea groups is 1. The van der Waals surface area contributed by atoms with Crippen LogP contribution in [0, 0.1) is 0 Å². The van der Waals surface area contributed by atoms with E-state index in [1.54, 1.807) is 12.3 Å². The molecule has 0 bridgehead atoms. The van der Waals surface area contributed by atoms with Gasteiger partial charge in [0.1, 0.15) is 5.82 Å². The molecule has 4 rings (SSSR count). The molecule has 190 valence electrons. The topological polar surface area (TPSA) is 111 Å². The molecule has 4 N–H and O–H groups in total. The summed E-state index contributed by atoms with van der Waals surface area (Å²) in [5, 5.41) is 12.3. The highest BCUT2D eigenvalue weighted by molar-refractivity contribution is 9.13. The highest BCUT2D eigenvalue weighted by Crippen LogP contribution is 2.32. The molecule has 3 amide bonds. The SMILES string of the molecule is O=C(NCCCNc1nc(Nc2cccc(NC(=O)N3CCCC3)c2)ncc1Br)c1cc(Br)c(Br)s1. The first-order valence-corrected chi connectivity index (χ1v) is 14.5. The predicted octanol–water partition coefficient (Wildman–Crippen LogP) is 6.43. The number of thiophene rings is 1. The van der Waals surface area contributed by atoms with E-state index in [0.29, 0.717) is 35.4 Å². The van der Waals surface area contributed by atoms with Crippen molar-refractivity contribution in [2.45, 2.75) is 19.3 Å². The summed E-state index contributed by atoms with van der Waals surface area (Å²) in [6.07, 6.45) is 4.49. The Morgan fingerprint density at radius 3 is 2.56 bits per heavy atom. The number of rotatable bonds is 9. The van der Waals surface area contributed by atoms with Crippen LogP contribution in [0.4, 0.5) is 27.9 Å². The van der Waals surface area contributed by atoms with Crippen LogP contribution in [0.25, 0.3) is 0 Å². The molecule has 2 aromatic heterocycles. The van der Waals surface area contributed by atoms with Crippen LogP contribution in [-0.4, -0.2) is 53.0 Å². The molecule has 0 radical (unpaired) electrons. The first-order valence-electron chi connectivity index (χ1n) is 11.3. The fraction of sp³-hybridized carbons (Fsp3) is 0.304. The molecule has 1 aromatic carbocycles. The Kier molecular flexibility index (Phi) is 9.57. The van der Waals surface area contributed by atoms with Gasteiger partial charge >= 0.3 is 6.03 Å². The summed E-state index contributed by atoms with van der Waals surface area (Å²) >= 11 is 11.7. The van der Waals surface area contributed by atoms with Gasteiger partial charge in [0.05, 0.1) is 13.1 Å². The maximum Gasteiger partial charge on any atom is 0.321 e. The zero-order chi connectivity index (χ0) is 25.5. The molecule has 13 heteroatoms. The predicted molar refractivity (Wildman–Crippen MR) is 154 cm³/mol. The second-order valence-corrected chi connectivity index (χ2v) is 12.1. The van der Waals surface area contributed by atoms with Gasteiger partial charge in [-0.3, -0.25) is 4.79 Å². The highest BCUT2D eigenvalue weighted by atomic mass is 79.9. The maximum atomic E-state index is 12.4. The number of carbonyl (C=O) groups is 2. The number of benzene rings is 1. The Hall–Kier alpha value is -2.22. The third-order valence-corrected chi connectivity index (χ3v) is 9.14. The number of nitrogens with one attached hydrogen (secondary N) is 4. The molecule has 1 saturated heterocycles. The van der Waals surface area contributed by atoms with Crippen molar-refractivity contribution in [3.63, 3.8) is 0 Å². The van der Waals surface area contributed by atoms with Gasteiger partial charge in [-0.25, -0.2) is 9.78 Å². The van der Waals surface area contributed by atoms with Gasteiger partial charge in [0, 0.05) is 48.2 Å². The van der Waals surface area contributed by atoms with Gasteiger partial charge in [-0.05, 0) is 91.3 Å². The van der Waals surface area contributed by atoms with Crippen LogP contribution in [0.3, 0.4) is 0 Å². The maximum absolute atomic E-state index is 12.4. The minimum atomic E-state index is -0.0973. The summed E-state index contributed by atoms with van der Waals surface area (Å²) < 4.78 is 2.50. The molecule has 3 heterocycles. The van der Waals surface area contributed by atoms with Crippen molar-refractivity contribution in [3.8, 4) is 0 Å². The Morgan fingerprint density at radius 1 is 1.03 bits per heavy atom. The lowest BCUT2D eigenvalue weighted by Gasteiger charge is -2.16. The monoisotopic (exact) mass is 699 g/mol. The van der Waals surface area contributed by atoms with E-state index < -0.39 is 0 Å². The number of aromatic nitrogens is 2. The molecular formula is C23H24Br3N7O2S. The molecule has 1 fully saturated rings. The van der Waals surface area contributed by atoms with E-state index >= 15 is 0 Å². The van der Waals surface area contributed by atoms with Crippen LogP contribution in [0.15, 0.2) is 49.3 Å². The molecular weight excluding hydrogens is 678 g/mol. The van der Waals surface area contributed by atoms with Gasteiger partial charge in [0.25, 0.3) is 5.91 Å². The summed E-state index contributed by atoms with van der Waals surface area (Å²) in [5.41, 5.74) is 1.47. The lowest BCUT2D eigenvalue weighted by Crippen LogP contribution is -2.32. The van der Waals surface area contributed by atoms with Crippen molar-refractivity contribution in [2.75, 3.05) is 42.1 Å². The van der Waals surface area contributed by atoms with Gasteiger partial charge in [-0.15, -0.1) is 11.3 Å². The summed E-state index contributed by atoms with van der Waals surface area (Å²) in [6, 6.07) is 9.16. The minimum absolute atomic E-state index is 0.0802. The van der Waals surface area contributed by atoms with E-state index in [-0.39, 0.29) is 11.9 Å². The number of likely N-dealkylation sites (tertiary alicyclic amines) is 1. The van der Waals surface area contributed by atoms with Crippen molar-refractivity contribution in [2.24, 2.45) is 0 Å². The summed E-state index contributed by atoms with van der Waals surface area (Å²) in [5.74, 6) is 0.967. The molecule has 0 saturated carbocycles. The first kappa shape index (κ1) is 26.8. The molecule has 0 spiro atoms. The molecule has 3 aromatic rings. The standard InChI is InChI=1S/C23H24Br3N7O2S/c24-16-12-18(36-19(16)26)21(34)28-8-4-7-27-20-17(25)13-29-22(32-20)30-14-5-3-6-15(11-14)31-23(35)33-9-1-2-10-33/h3,5-6,11-13H,1-2,4,7-10H2,(H,28,34)(H,31,35)(H2,27,29,30,32). The van der Waals surface area contributed by atoms with Crippen LogP contribution >= 0.6 is 59.1 Å². The van der Waals surface area contributed by atoms with Crippen LogP contribution in [0.5, 0.6) is 0 Å². The molecule has 0 unspecified atom stereocenters. The molecule has 1 aliphatic heterocycles. The number of hydrogen-bond acceptors (Lipinski definition) is 7. The fourth-order valence-corrected chi connectivity index (χ4v) is 5.80. The Bertz CT molecular complexity index is 1210. The van der Waals surface area contributed by atoms with Gasteiger partial charge < -0.3 is 26.2 Å². The zero-order valence-corrected chi connectivity index (χ0v) is 24.7. The van der Waals surface area contributed by atoms with Crippen LogP contribution in [-0.2, 0) is 0 Å². The molecule has 0 atom stereocenters. The van der Waals surface area contributed by atoms with Crippen molar-refractivity contribution < 1.29 is 9.59 Å². The Balaban J connectivity index is 1.27. The van der Waals surface area contributed by atoms with Gasteiger partial charge in [-0.1, -0.05) is 6.07 Å². The van der Waals surface area contributed by atoms with Crippen LogP contribution in [0.2, 0.25) is 0 Å². The van der Waals surface area contributed by atoms with Gasteiger partial charge in [0.2, 0.25) is 5.95 Å². The molecule has 36 heavy (non-hydrogen) atoms. The van der Waals surface area contributed by atoms with E-state index in [2.05, 4.69) is 79.0 Å². The third-order valence-electron chi connectivity index (χ3n) is 5.31. The van der Waals surface area contributed by atoms with Crippen molar-refractivity contribution in [3.05, 3.63) is 54.1 Å². The summed E-state index contributed by atoms with van der Waals surface area (Å²) in [7, 11) is 0. The van der Waals surface area contributed by atoms with Crippen molar-refractivity contribution >= 4 is 94.2 Å². The summed E-state index contributed by atoms with van der Waals surface area (Å²) in [4.78, 5) is 35.9. The van der Waals surface area contributed by atoms with E-state index in [1.165, 1.54) is 11.3 Å². The van der Waals surface area contributed by atoms with Crippen molar-refractivity contribution in [1.29, 1.82) is 0 Å². The lowest BCUT2D eigenvalue weighted by atomic mass is 10.3.